The Morgan fingerprint density at radius 3 is 3.09 bits per heavy atom. The SMILES string of the molecule is c1ccc2c(c1)NCC(CNCCCNC1=NCCCN1)O2. The van der Waals surface area contributed by atoms with E-state index in [-0.39, 0.29) is 6.10 Å². The number of ether oxygens (including phenoxy) is 1. The Labute approximate surface area is 131 Å². The zero-order chi connectivity index (χ0) is 15.0. The van der Waals surface area contributed by atoms with Crippen molar-refractivity contribution in [3.05, 3.63) is 24.3 Å². The maximum Gasteiger partial charge on any atom is 0.191 e. The van der Waals surface area contributed by atoms with Gasteiger partial charge in [0.05, 0.1) is 12.2 Å². The van der Waals surface area contributed by atoms with Gasteiger partial charge in [0, 0.05) is 26.2 Å². The monoisotopic (exact) mass is 303 g/mol. The minimum absolute atomic E-state index is 0.187. The van der Waals surface area contributed by atoms with Crippen molar-refractivity contribution in [2.24, 2.45) is 4.99 Å². The largest absolute Gasteiger partial charge is 0.485 e. The van der Waals surface area contributed by atoms with Crippen molar-refractivity contribution in [3.63, 3.8) is 0 Å². The van der Waals surface area contributed by atoms with Crippen LogP contribution in [-0.2, 0) is 0 Å². The highest BCUT2D eigenvalue weighted by molar-refractivity contribution is 5.80. The molecule has 2 aliphatic rings. The van der Waals surface area contributed by atoms with Gasteiger partial charge in [-0.2, -0.15) is 0 Å². The zero-order valence-corrected chi connectivity index (χ0v) is 12.9. The van der Waals surface area contributed by atoms with Crippen LogP contribution in [0.5, 0.6) is 5.75 Å². The van der Waals surface area contributed by atoms with Crippen LogP contribution >= 0.6 is 0 Å². The zero-order valence-electron chi connectivity index (χ0n) is 12.9. The predicted octanol–water partition coefficient (Wildman–Crippen LogP) is 0.778. The first kappa shape index (κ1) is 15.0. The van der Waals surface area contributed by atoms with Crippen LogP contribution in [0.25, 0.3) is 0 Å². The molecule has 4 N–H and O–H groups in total. The van der Waals surface area contributed by atoms with Crippen molar-refractivity contribution >= 4 is 11.6 Å². The number of rotatable bonds is 6. The Hall–Kier alpha value is -1.95. The van der Waals surface area contributed by atoms with Crippen LogP contribution in [0.2, 0.25) is 0 Å². The second-order valence-electron chi connectivity index (χ2n) is 5.61. The molecule has 0 aromatic heterocycles. The summed E-state index contributed by atoms with van der Waals surface area (Å²) < 4.78 is 5.96. The van der Waals surface area contributed by atoms with E-state index in [1.165, 1.54) is 0 Å². The maximum atomic E-state index is 5.96. The van der Waals surface area contributed by atoms with Gasteiger partial charge in [-0.15, -0.1) is 0 Å². The molecule has 0 aliphatic carbocycles. The summed E-state index contributed by atoms with van der Waals surface area (Å²) in [5.41, 5.74) is 1.09. The topological polar surface area (TPSA) is 69.7 Å². The Morgan fingerprint density at radius 2 is 2.18 bits per heavy atom. The van der Waals surface area contributed by atoms with Crippen molar-refractivity contribution in [3.8, 4) is 5.75 Å². The first-order valence-electron chi connectivity index (χ1n) is 8.14. The standard InChI is InChI=1S/C16H25N5O/c1-2-6-15-14(5-1)21-12-13(22-15)11-17-7-3-8-18-16-19-9-4-10-20-16/h1-2,5-6,13,17,21H,3-4,7-12H2,(H2,18,19,20). The fraction of sp³-hybridized carbons (Fsp3) is 0.562. The molecule has 0 spiro atoms. The number of nitrogens with one attached hydrogen (secondary N) is 4. The number of hydrogen-bond donors (Lipinski definition) is 4. The number of para-hydroxylation sites is 2. The summed E-state index contributed by atoms with van der Waals surface area (Å²) in [6.45, 7) is 5.58. The van der Waals surface area contributed by atoms with Gasteiger partial charge in [0.25, 0.3) is 0 Å². The van der Waals surface area contributed by atoms with Crippen LogP contribution in [0.4, 0.5) is 5.69 Å². The average molecular weight is 303 g/mol. The van der Waals surface area contributed by atoms with E-state index >= 15 is 0 Å². The number of aliphatic imine (C=N–C) groups is 1. The highest BCUT2D eigenvalue weighted by Gasteiger charge is 2.17. The Morgan fingerprint density at radius 1 is 1.23 bits per heavy atom. The lowest BCUT2D eigenvalue weighted by molar-refractivity contribution is 0.202. The minimum Gasteiger partial charge on any atom is -0.485 e. The van der Waals surface area contributed by atoms with E-state index in [1.54, 1.807) is 0 Å². The van der Waals surface area contributed by atoms with Crippen LogP contribution in [0.15, 0.2) is 29.3 Å². The molecule has 6 nitrogen and oxygen atoms in total. The normalized spacial score (nSPS) is 20.0. The third kappa shape index (κ3) is 4.27. The fourth-order valence-corrected chi connectivity index (χ4v) is 2.61. The minimum atomic E-state index is 0.187. The van der Waals surface area contributed by atoms with Gasteiger partial charge in [-0.05, 0) is 31.5 Å². The molecule has 6 heteroatoms. The van der Waals surface area contributed by atoms with E-state index in [2.05, 4.69) is 26.3 Å². The van der Waals surface area contributed by atoms with Gasteiger partial charge >= 0.3 is 0 Å². The lowest BCUT2D eigenvalue weighted by atomic mass is 10.2. The van der Waals surface area contributed by atoms with Gasteiger partial charge in [-0.1, -0.05) is 12.1 Å². The third-order valence-electron chi connectivity index (χ3n) is 3.79. The molecular formula is C16H25N5O. The van der Waals surface area contributed by atoms with E-state index in [4.69, 9.17) is 4.74 Å². The van der Waals surface area contributed by atoms with E-state index in [1.807, 2.05) is 24.3 Å². The lowest BCUT2D eigenvalue weighted by Gasteiger charge is -2.27. The highest BCUT2D eigenvalue weighted by atomic mass is 16.5. The van der Waals surface area contributed by atoms with E-state index < -0.39 is 0 Å². The summed E-state index contributed by atoms with van der Waals surface area (Å²) in [5.74, 6) is 1.89. The van der Waals surface area contributed by atoms with Crippen molar-refractivity contribution in [1.29, 1.82) is 0 Å². The Bertz CT molecular complexity index is 505. The van der Waals surface area contributed by atoms with Crippen molar-refractivity contribution in [2.45, 2.75) is 18.9 Å². The number of guanidine groups is 1. The van der Waals surface area contributed by atoms with Crippen molar-refractivity contribution in [2.75, 3.05) is 44.6 Å². The predicted molar refractivity (Wildman–Crippen MR) is 89.8 cm³/mol. The van der Waals surface area contributed by atoms with E-state index in [9.17, 15) is 0 Å². The first-order valence-corrected chi connectivity index (χ1v) is 8.14. The molecule has 1 aromatic rings. The summed E-state index contributed by atoms with van der Waals surface area (Å²) in [7, 11) is 0. The van der Waals surface area contributed by atoms with Crippen molar-refractivity contribution in [1.82, 2.24) is 16.0 Å². The fourth-order valence-electron chi connectivity index (χ4n) is 2.61. The van der Waals surface area contributed by atoms with Gasteiger partial charge in [0.1, 0.15) is 11.9 Å². The van der Waals surface area contributed by atoms with Crippen LogP contribution in [0.3, 0.4) is 0 Å². The summed E-state index contributed by atoms with van der Waals surface area (Å²) in [4.78, 5) is 4.39. The summed E-state index contributed by atoms with van der Waals surface area (Å²) in [6.07, 6.45) is 2.38. The number of hydrogen-bond acceptors (Lipinski definition) is 6. The average Bonchev–Trinajstić information content (AvgIpc) is 2.59. The summed E-state index contributed by atoms with van der Waals surface area (Å²) >= 11 is 0. The lowest BCUT2D eigenvalue weighted by Crippen LogP contribution is -2.42. The van der Waals surface area contributed by atoms with Gasteiger partial charge in [-0.3, -0.25) is 4.99 Å². The molecule has 0 amide bonds. The molecule has 0 saturated heterocycles. The molecular weight excluding hydrogens is 278 g/mol. The van der Waals surface area contributed by atoms with Gasteiger partial charge in [-0.25, -0.2) is 0 Å². The molecule has 0 radical (unpaired) electrons. The Balaban J connectivity index is 1.27. The number of nitrogens with zero attached hydrogens (tertiary/aromatic N) is 1. The van der Waals surface area contributed by atoms with E-state index in [0.29, 0.717) is 0 Å². The van der Waals surface area contributed by atoms with Gasteiger partial charge in [0.15, 0.2) is 5.96 Å². The molecule has 2 aliphatic heterocycles. The molecule has 1 aromatic carbocycles. The van der Waals surface area contributed by atoms with Gasteiger partial charge < -0.3 is 26.0 Å². The molecule has 0 fully saturated rings. The van der Waals surface area contributed by atoms with Crippen LogP contribution in [0, 0.1) is 0 Å². The third-order valence-corrected chi connectivity index (χ3v) is 3.79. The molecule has 1 unspecified atom stereocenters. The Kier molecular flexibility index (Phi) is 5.37. The summed E-state index contributed by atoms with van der Waals surface area (Å²) in [6, 6.07) is 8.08. The molecule has 0 bridgehead atoms. The smallest absolute Gasteiger partial charge is 0.191 e. The second kappa shape index (κ2) is 7.89. The molecule has 1 atom stereocenters. The maximum absolute atomic E-state index is 5.96. The van der Waals surface area contributed by atoms with Crippen LogP contribution < -0.4 is 26.0 Å². The molecule has 0 saturated carbocycles. The molecule has 22 heavy (non-hydrogen) atoms. The number of benzene rings is 1. The van der Waals surface area contributed by atoms with Gasteiger partial charge in [0.2, 0.25) is 0 Å². The van der Waals surface area contributed by atoms with Crippen molar-refractivity contribution < 1.29 is 4.74 Å². The first-order chi connectivity index (χ1) is 10.9. The van der Waals surface area contributed by atoms with Crippen LogP contribution in [-0.4, -0.2) is 51.3 Å². The quantitative estimate of drug-likeness (QED) is 0.585. The van der Waals surface area contributed by atoms with Crippen LogP contribution in [0.1, 0.15) is 12.8 Å². The molecule has 3 rings (SSSR count). The number of anilines is 1. The molecule has 2 heterocycles. The molecule has 120 valence electrons. The summed E-state index contributed by atoms with van der Waals surface area (Å²) in [5, 5.41) is 13.5. The highest BCUT2D eigenvalue weighted by Crippen LogP contribution is 2.27. The van der Waals surface area contributed by atoms with E-state index in [0.717, 1.165) is 69.5 Å². The second-order valence-corrected chi connectivity index (χ2v) is 5.61. The number of fused-ring (bicyclic) bond motifs is 1.